The number of likely N-dealkylation sites (tertiary alicyclic amines) is 1. The summed E-state index contributed by atoms with van der Waals surface area (Å²) in [6.07, 6.45) is 5.71. The maximum atomic E-state index is 13.1. The standard InChI is InChI=1S/C29H27N3O5S/c1-38(34,35)24-6-2-19(3-7-24)21-5-9-27-23(16-21)18-36-29(37-27)20-10-14-32(15-11-20)28(33)22-4-8-25-26(17-22)31-13-12-30-25/h2-9,12-13,16-17,20,29H,10-11,14-15,18H2,1H3. The van der Waals surface area contributed by atoms with Gasteiger partial charge in [-0.3, -0.25) is 14.8 Å². The molecule has 1 aromatic heterocycles. The Morgan fingerprint density at radius 3 is 2.34 bits per heavy atom. The molecule has 0 aliphatic carbocycles. The number of aromatic nitrogens is 2. The van der Waals surface area contributed by atoms with Crippen LogP contribution in [-0.4, -0.2) is 54.8 Å². The molecule has 0 N–H and O–H groups in total. The van der Waals surface area contributed by atoms with E-state index in [9.17, 15) is 13.2 Å². The second-order valence-electron chi connectivity index (χ2n) is 9.81. The first-order chi connectivity index (χ1) is 18.3. The summed E-state index contributed by atoms with van der Waals surface area (Å²) in [5.41, 5.74) is 4.96. The summed E-state index contributed by atoms with van der Waals surface area (Å²) < 4.78 is 35.8. The van der Waals surface area contributed by atoms with E-state index in [2.05, 4.69) is 9.97 Å². The average Bonchev–Trinajstić information content (AvgIpc) is 2.95. The summed E-state index contributed by atoms with van der Waals surface area (Å²) in [5, 5.41) is 0. The number of ether oxygens (including phenoxy) is 2. The van der Waals surface area contributed by atoms with Crippen LogP contribution in [0.4, 0.5) is 0 Å². The van der Waals surface area contributed by atoms with Gasteiger partial charge in [-0.1, -0.05) is 18.2 Å². The lowest BCUT2D eigenvalue weighted by atomic mass is 9.94. The van der Waals surface area contributed by atoms with E-state index in [1.165, 1.54) is 6.26 Å². The van der Waals surface area contributed by atoms with Crippen molar-refractivity contribution in [1.82, 2.24) is 14.9 Å². The van der Waals surface area contributed by atoms with Crippen LogP contribution in [0.25, 0.3) is 22.2 Å². The van der Waals surface area contributed by atoms with Crippen LogP contribution in [0.5, 0.6) is 5.75 Å². The molecular formula is C29H27N3O5S. The minimum absolute atomic E-state index is 0.00364. The summed E-state index contributed by atoms with van der Waals surface area (Å²) in [5.74, 6) is 0.996. The number of carbonyl (C=O) groups is 1. The van der Waals surface area contributed by atoms with Gasteiger partial charge in [0.25, 0.3) is 5.91 Å². The predicted octanol–water partition coefficient (Wildman–Crippen LogP) is 4.49. The zero-order valence-corrected chi connectivity index (χ0v) is 21.7. The average molecular weight is 530 g/mol. The minimum Gasteiger partial charge on any atom is -0.464 e. The molecule has 1 fully saturated rings. The molecule has 194 valence electrons. The Kier molecular flexibility index (Phi) is 6.33. The van der Waals surface area contributed by atoms with Gasteiger partial charge in [-0.25, -0.2) is 8.42 Å². The molecule has 4 aromatic rings. The zero-order valence-electron chi connectivity index (χ0n) is 20.9. The second kappa shape index (κ2) is 9.81. The minimum atomic E-state index is -3.23. The summed E-state index contributed by atoms with van der Waals surface area (Å²) >= 11 is 0. The van der Waals surface area contributed by atoms with Crippen molar-refractivity contribution in [3.63, 3.8) is 0 Å². The van der Waals surface area contributed by atoms with Gasteiger partial charge in [-0.2, -0.15) is 0 Å². The highest BCUT2D eigenvalue weighted by Crippen LogP contribution is 2.35. The number of carbonyl (C=O) groups excluding carboxylic acids is 1. The fourth-order valence-electron chi connectivity index (χ4n) is 5.10. The van der Waals surface area contributed by atoms with Crippen LogP contribution >= 0.6 is 0 Å². The molecule has 9 heteroatoms. The lowest BCUT2D eigenvalue weighted by molar-refractivity contribution is -0.148. The number of amides is 1. The maximum absolute atomic E-state index is 13.1. The maximum Gasteiger partial charge on any atom is 0.253 e. The van der Waals surface area contributed by atoms with E-state index in [-0.39, 0.29) is 18.1 Å². The quantitative estimate of drug-likeness (QED) is 0.384. The van der Waals surface area contributed by atoms with Crippen molar-refractivity contribution in [2.45, 2.75) is 30.6 Å². The van der Waals surface area contributed by atoms with Crippen LogP contribution in [-0.2, 0) is 21.2 Å². The number of sulfone groups is 1. The Morgan fingerprint density at radius 1 is 0.895 bits per heavy atom. The van der Waals surface area contributed by atoms with Crippen LogP contribution < -0.4 is 4.74 Å². The molecule has 8 nitrogen and oxygen atoms in total. The third-order valence-corrected chi connectivity index (χ3v) is 8.38. The second-order valence-corrected chi connectivity index (χ2v) is 11.8. The highest BCUT2D eigenvalue weighted by Gasteiger charge is 2.33. The molecule has 2 aliphatic heterocycles. The fourth-order valence-corrected chi connectivity index (χ4v) is 5.73. The van der Waals surface area contributed by atoms with Crippen LogP contribution in [0.2, 0.25) is 0 Å². The van der Waals surface area contributed by atoms with Gasteiger partial charge in [-0.15, -0.1) is 0 Å². The molecular weight excluding hydrogens is 502 g/mol. The van der Waals surface area contributed by atoms with Gasteiger partial charge in [0.1, 0.15) is 5.75 Å². The Balaban J connectivity index is 1.08. The number of hydrogen-bond acceptors (Lipinski definition) is 7. The van der Waals surface area contributed by atoms with E-state index in [1.54, 1.807) is 30.6 Å². The number of piperidine rings is 1. The first-order valence-corrected chi connectivity index (χ1v) is 14.5. The normalized spacial score (nSPS) is 18.1. The monoisotopic (exact) mass is 529 g/mol. The Bertz CT molecular complexity index is 1610. The summed E-state index contributed by atoms with van der Waals surface area (Å²) in [6, 6.07) is 18.3. The molecule has 2 aliphatic rings. The van der Waals surface area contributed by atoms with Crippen molar-refractivity contribution in [3.8, 4) is 16.9 Å². The van der Waals surface area contributed by atoms with Crippen LogP contribution in [0.1, 0.15) is 28.8 Å². The molecule has 0 bridgehead atoms. The van der Waals surface area contributed by atoms with E-state index in [0.717, 1.165) is 40.8 Å². The topological polar surface area (TPSA) is 98.7 Å². The van der Waals surface area contributed by atoms with Crippen molar-refractivity contribution < 1.29 is 22.7 Å². The molecule has 38 heavy (non-hydrogen) atoms. The van der Waals surface area contributed by atoms with Crippen molar-refractivity contribution in [2.24, 2.45) is 5.92 Å². The SMILES string of the molecule is CS(=O)(=O)c1ccc(-c2ccc3c(c2)COC(C2CCN(C(=O)c4ccc5nccnc5c4)CC2)O3)cc1. The van der Waals surface area contributed by atoms with E-state index in [1.807, 2.05) is 47.4 Å². The lowest BCUT2D eigenvalue weighted by Gasteiger charge is -2.37. The van der Waals surface area contributed by atoms with Crippen LogP contribution in [0, 0.1) is 5.92 Å². The molecule has 6 rings (SSSR count). The number of fused-ring (bicyclic) bond motifs is 2. The smallest absolute Gasteiger partial charge is 0.253 e. The Labute approximate surface area is 221 Å². The largest absolute Gasteiger partial charge is 0.464 e. The molecule has 1 atom stereocenters. The molecule has 1 saturated heterocycles. The van der Waals surface area contributed by atoms with E-state index >= 15 is 0 Å². The van der Waals surface area contributed by atoms with Crippen molar-refractivity contribution in [1.29, 1.82) is 0 Å². The van der Waals surface area contributed by atoms with Crippen molar-refractivity contribution in [2.75, 3.05) is 19.3 Å². The van der Waals surface area contributed by atoms with Gasteiger partial charge in [0.15, 0.2) is 9.84 Å². The number of benzene rings is 3. The molecule has 3 aromatic carbocycles. The molecule has 3 heterocycles. The van der Waals surface area contributed by atoms with Crippen molar-refractivity contribution >= 4 is 26.8 Å². The van der Waals surface area contributed by atoms with Gasteiger partial charge >= 0.3 is 0 Å². The van der Waals surface area contributed by atoms with Gasteiger partial charge in [0.2, 0.25) is 6.29 Å². The molecule has 1 unspecified atom stereocenters. The van der Waals surface area contributed by atoms with E-state index < -0.39 is 9.84 Å². The van der Waals surface area contributed by atoms with Gasteiger partial charge in [0.05, 0.1) is 22.5 Å². The van der Waals surface area contributed by atoms with Gasteiger partial charge < -0.3 is 14.4 Å². The first kappa shape index (κ1) is 24.5. The number of rotatable bonds is 4. The van der Waals surface area contributed by atoms with Crippen LogP contribution in [0.15, 0.2) is 78.0 Å². The first-order valence-electron chi connectivity index (χ1n) is 12.6. The highest BCUT2D eigenvalue weighted by atomic mass is 32.2. The lowest BCUT2D eigenvalue weighted by Crippen LogP contribution is -2.44. The summed E-state index contributed by atoms with van der Waals surface area (Å²) in [6.45, 7) is 1.72. The molecule has 0 radical (unpaired) electrons. The molecule has 0 saturated carbocycles. The third kappa shape index (κ3) is 4.87. The van der Waals surface area contributed by atoms with Crippen molar-refractivity contribution in [3.05, 3.63) is 84.2 Å². The predicted molar refractivity (Wildman–Crippen MR) is 142 cm³/mol. The highest BCUT2D eigenvalue weighted by molar-refractivity contribution is 7.90. The summed E-state index contributed by atoms with van der Waals surface area (Å²) in [7, 11) is -3.23. The zero-order chi connectivity index (χ0) is 26.3. The Morgan fingerprint density at radius 2 is 1.61 bits per heavy atom. The van der Waals surface area contributed by atoms with Gasteiger partial charge in [0, 0.05) is 48.8 Å². The Hall–Kier alpha value is -3.82. The third-order valence-electron chi connectivity index (χ3n) is 7.25. The molecule has 1 amide bonds. The summed E-state index contributed by atoms with van der Waals surface area (Å²) in [4.78, 5) is 23.8. The van der Waals surface area contributed by atoms with E-state index in [4.69, 9.17) is 9.47 Å². The van der Waals surface area contributed by atoms with E-state index in [0.29, 0.717) is 35.7 Å². The number of hydrogen-bond donors (Lipinski definition) is 0. The van der Waals surface area contributed by atoms with Gasteiger partial charge in [-0.05, 0) is 66.4 Å². The molecule has 0 spiro atoms. The van der Waals surface area contributed by atoms with Crippen LogP contribution in [0.3, 0.4) is 0 Å². The fraction of sp³-hybridized carbons (Fsp3) is 0.276. The number of nitrogens with zero attached hydrogens (tertiary/aromatic N) is 3.